The fraction of sp³-hybridized carbons (Fsp3) is 0.533. The average Bonchev–Trinajstić information content (AvgIpc) is 2.49. The van der Waals surface area contributed by atoms with Crippen LogP contribution in [0.5, 0.6) is 0 Å². The lowest BCUT2D eigenvalue weighted by atomic mass is 9.98. The fourth-order valence-electron chi connectivity index (χ4n) is 2.54. The van der Waals surface area contributed by atoms with Gasteiger partial charge in [0.1, 0.15) is 12.2 Å². The molecule has 2 rings (SSSR count). The van der Waals surface area contributed by atoms with E-state index in [1.54, 1.807) is 6.20 Å². The second-order valence-electron chi connectivity index (χ2n) is 5.02. The summed E-state index contributed by atoms with van der Waals surface area (Å²) in [4.78, 5) is 4.52. The maximum Gasteiger partial charge on any atom is 0.112 e. The van der Waals surface area contributed by atoms with Gasteiger partial charge in [0.25, 0.3) is 0 Å². The third kappa shape index (κ3) is 3.24. The van der Waals surface area contributed by atoms with Crippen LogP contribution >= 0.6 is 0 Å². The van der Waals surface area contributed by atoms with Crippen molar-refractivity contribution in [2.45, 2.75) is 25.6 Å². The Kier molecular flexibility index (Phi) is 5.25. The van der Waals surface area contributed by atoms with Gasteiger partial charge in [-0.1, -0.05) is 6.08 Å². The molecule has 0 spiro atoms. The van der Waals surface area contributed by atoms with E-state index in [0.29, 0.717) is 0 Å². The van der Waals surface area contributed by atoms with E-state index in [-0.39, 0.29) is 6.61 Å². The summed E-state index contributed by atoms with van der Waals surface area (Å²) >= 11 is 0. The second kappa shape index (κ2) is 6.95. The molecule has 1 aliphatic heterocycles. The van der Waals surface area contributed by atoms with Crippen LogP contribution in [0.1, 0.15) is 29.3 Å². The van der Waals surface area contributed by atoms with Crippen molar-refractivity contribution in [2.24, 2.45) is 0 Å². The molecular weight excluding hydrogens is 256 g/mol. The minimum Gasteiger partial charge on any atom is -0.394 e. The predicted octanol–water partition coefficient (Wildman–Crippen LogP) is 0.807. The zero-order chi connectivity index (χ0) is 14.5. The SMILES string of the molecule is CO[C@@H](c1cnc(C2=CCNCC2)c(C)c1)[C@@H](O)CO. The van der Waals surface area contributed by atoms with Gasteiger partial charge < -0.3 is 20.3 Å². The predicted molar refractivity (Wildman–Crippen MR) is 77.3 cm³/mol. The number of pyridine rings is 1. The molecule has 5 nitrogen and oxygen atoms in total. The summed E-state index contributed by atoms with van der Waals surface area (Å²) in [7, 11) is 1.52. The molecule has 5 heteroatoms. The number of rotatable bonds is 5. The quantitative estimate of drug-likeness (QED) is 0.743. The molecule has 0 fully saturated rings. The zero-order valence-electron chi connectivity index (χ0n) is 12.0. The highest BCUT2D eigenvalue weighted by molar-refractivity contribution is 5.66. The van der Waals surface area contributed by atoms with Crippen molar-refractivity contribution in [3.05, 3.63) is 35.2 Å². The first-order valence-electron chi connectivity index (χ1n) is 6.85. The van der Waals surface area contributed by atoms with Crippen LogP contribution in [0.2, 0.25) is 0 Å². The van der Waals surface area contributed by atoms with E-state index in [9.17, 15) is 5.11 Å². The Morgan fingerprint density at radius 1 is 1.50 bits per heavy atom. The Morgan fingerprint density at radius 3 is 2.85 bits per heavy atom. The molecule has 1 aliphatic rings. The van der Waals surface area contributed by atoms with Crippen LogP contribution in [0.25, 0.3) is 5.57 Å². The molecule has 0 amide bonds. The van der Waals surface area contributed by atoms with E-state index in [2.05, 4.69) is 16.4 Å². The molecule has 1 aromatic heterocycles. The summed E-state index contributed by atoms with van der Waals surface area (Å²) in [5.74, 6) is 0. The van der Waals surface area contributed by atoms with Crippen LogP contribution in [0.3, 0.4) is 0 Å². The first kappa shape index (κ1) is 15.1. The number of aryl methyl sites for hydroxylation is 1. The Hall–Kier alpha value is -1.27. The van der Waals surface area contributed by atoms with Crippen molar-refractivity contribution in [1.82, 2.24) is 10.3 Å². The first-order chi connectivity index (χ1) is 9.67. The molecule has 0 bridgehead atoms. The van der Waals surface area contributed by atoms with Gasteiger partial charge in [0.2, 0.25) is 0 Å². The Bertz CT molecular complexity index is 488. The van der Waals surface area contributed by atoms with E-state index in [1.807, 2.05) is 13.0 Å². The van der Waals surface area contributed by atoms with Gasteiger partial charge in [-0.25, -0.2) is 0 Å². The summed E-state index contributed by atoms with van der Waals surface area (Å²) in [5, 5.41) is 22.1. The molecule has 3 N–H and O–H groups in total. The topological polar surface area (TPSA) is 74.6 Å². The summed E-state index contributed by atoms with van der Waals surface area (Å²) in [5.41, 5.74) is 4.10. The number of aliphatic hydroxyl groups is 2. The van der Waals surface area contributed by atoms with Crippen molar-refractivity contribution in [1.29, 1.82) is 0 Å². The molecule has 0 saturated carbocycles. The number of nitrogens with one attached hydrogen (secondary N) is 1. The van der Waals surface area contributed by atoms with E-state index in [4.69, 9.17) is 9.84 Å². The van der Waals surface area contributed by atoms with Gasteiger partial charge >= 0.3 is 0 Å². The summed E-state index contributed by atoms with van der Waals surface area (Å²) in [6.45, 7) is 3.52. The second-order valence-corrected chi connectivity index (χ2v) is 5.02. The molecule has 0 aromatic carbocycles. The van der Waals surface area contributed by atoms with E-state index < -0.39 is 12.2 Å². The monoisotopic (exact) mass is 278 g/mol. The Labute approximate surface area is 119 Å². The minimum atomic E-state index is -0.940. The number of ether oxygens (including phenoxy) is 1. The van der Waals surface area contributed by atoms with Crippen LogP contribution in [0.15, 0.2) is 18.3 Å². The van der Waals surface area contributed by atoms with Gasteiger partial charge in [0.15, 0.2) is 0 Å². The lowest BCUT2D eigenvalue weighted by Gasteiger charge is -2.21. The number of nitrogens with zero attached hydrogens (tertiary/aromatic N) is 1. The molecule has 0 saturated heterocycles. The van der Waals surface area contributed by atoms with Gasteiger partial charge in [0, 0.05) is 25.4 Å². The summed E-state index contributed by atoms with van der Waals surface area (Å²) in [6, 6.07) is 1.97. The lowest BCUT2D eigenvalue weighted by Crippen LogP contribution is -2.24. The lowest BCUT2D eigenvalue weighted by molar-refractivity contribution is -0.0394. The van der Waals surface area contributed by atoms with Crippen LogP contribution in [-0.2, 0) is 4.74 Å². The van der Waals surface area contributed by atoms with Gasteiger partial charge in [-0.05, 0) is 37.1 Å². The normalized spacial score (nSPS) is 18.5. The largest absolute Gasteiger partial charge is 0.394 e. The van der Waals surface area contributed by atoms with Crippen molar-refractivity contribution in [3.8, 4) is 0 Å². The Morgan fingerprint density at radius 2 is 2.30 bits per heavy atom. The number of methoxy groups -OCH3 is 1. The molecule has 2 heterocycles. The van der Waals surface area contributed by atoms with Gasteiger partial charge in [-0.15, -0.1) is 0 Å². The maximum atomic E-state index is 9.76. The van der Waals surface area contributed by atoms with E-state index in [0.717, 1.165) is 36.3 Å². The van der Waals surface area contributed by atoms with Crippen molar-refractivity contribution >= 4 is 5.57 Å². The van der Waals surface area contributed by atoms with Crippen molar-refractivity contribution < 1.29 is 14.9 Å². The van der Waals surface area contributed by atoms with Crippen LogP contribution in [0, 0.1) is 6.92 Å². The highest BCUT2D eigenvalue weighted by atomic mass is 16.5. The third-order valence-electron chi connectivity index (χ3n) is 3.59. The molecule has 20 heavy (non-hydrogen) atoms. The number of hydrogen-bond donors (Lipinski definition) is 3. The Balaban J connectivity index is 2.27. The molecule has 1 aromatic rings. The van der Waals surface area contributed by atoms with Gasteiger partial charge in [-0.3, -0.25) is 4.98 Å². The molecule has 0 aliphatic carbocycles. The van der Waals surface area contributed by atoms with Crippen LogP contribution in [0.4, 0.5) is 0 Å². The molecule has 110 valence electrons. The van der Waals surface area contributed by atoms with Gasteiger partial charge in [0.05, 0.1) is 12.3 Å². The molecular formula is C15H22N2O3. The van der Waals surface area contributed by atoms with Crippen molar-refractivity contribution in [2.75, 3.05) is 26.8 Å². The molecule has 0 unspecified atom stereocenters. The summed E-state index contributed by atoms with van der Waals surface area (Å²) in [6.07, 6.45) is 3.36. The van der Waals surface area contributed by atoms with E-state index >= 15 is 0 Å². The first-order valence-corrected chi connectivity index (χ1v) is 6.85. The fourth-order valence-corrected chi connectivity index (χ4v) is 2.54. The number of aromatic nitrogens is 1. The zero-order valence-corrected chi connectivity index (χ0v) is 12.0. The van der Waals surface area contributed by atoms with Crippen LogP contribution < -0.4 is 5.32 Å². The van der Waals surface area contributed by atoms with E-state index in [1.165, 1.54) is 12.7 Å². The highest BCUT2D eigenvalue weighted by Crippen LogP contribution is 2.26. The number of hydrogen-bond acceptors (Lipinski definition) is 5. The minimum absolute atomic E-state index is 0.337. The third-order valence-corrected chi connectivity index (χ3v) is 3.59. The van der Waals surface area contributed by atoms with Gasteiger partial charge in [-0.2, -0.15) is 0 Å². The standard InChI is InChI=1S/C15H22N2O3/c1-10-7-12(15(20-2)13(19)9-18)8-17-14(10)11-3-5-16-6-4-11/h3,7-8,13,15-16,18-19H,4-6,9H2,1-2H3/t13-,15-/m0/s1. The van der Waals surface area contributed by atoms with Crippen molar-refractivity contribution in [3.63, 3.8) is 0 Å². The summed E-state index contributed by atoms with van der Waals surface area (Å²) < 4.78 is 5.25. The molecule has 2 atom stereocenters. The average molecular weight is 278 g/mol. The molecule has 0 radical (unpaired) electrons. The number of aliphatic hydroxyl groups excluding tert-OH is 2. The highest BCUT2D eigenvalue weighted by Gasteiger charge is 2.21. The maximum absolute atomic E-state index is 9.76. The van der Waals surface area contributed by atoms with Crippen LogP contribution in [-0.4, -0.2) is 48.1 Å². The smallest absolute Gasteiger partial charge is 0.112 e.